The van der Waals surface area contributed by atoms with Crippen molar-refractivity contribution in [3.63, 3.8) is 0 Å². The second kappa shape index (κ2) is 5.10. The molecule has 1 atom stereocenters. The smallest absolute Gasteiger partial charge is 0.103 e. The van der Waals surface area contributed by atoms with Crippen LogP contribution in [0.25, 0.3) is 0 Å². The Balaban J connectivity index is 2.18. The van der Waals surface area contributed by atoms with Crippen molar-refractivity contribution < 1.29 is 5.11 Å². The van der Waals surface area contributed by atoms with E-state index in [2.05, 4.69) is 8.75 Å². The van der Waals surface area contributed by atoms with Gasteiger partial charge in [0.05, 0.1) is 28.0 Å². The third-order valence-electron chi connectivity index (χ3n) is 2.16. The molecule has 1 unspecified atom stereocenters. The van der Waals surface area contributed by atoms with Crippen LogP contribution in [0.5, 0.6) is 0 Å². The molecule has 0 aliphatic carbocycles. The molecule has 1 N–H and O–H groups in total. The van der Waals surface area contributed by atoms with Gasteiger partial charge in [-0.3, -0.25) is 0 Å². The molecule has 2 rings (SSSR count). The van der Waals surface area contributed by atoms with E-state index in [1.807, 2.05) is 6.07 Å². The van der Waals surface area contributed by atoms with Gasteiger partial charge in [0, 0.05) is 6.42 Å². The summed E-state index contributed by atoms with van der Waals surface area (Å²) < 4.78 is 7.81. The average Bonchev–Trinajstić information content (AvgIpc) is 2.78. The van der Waals surface area contributed by atoms with Crippen molar-refractivity contribution in [1.29, 1.82) is 0 Å². The lowest BCUT2D eigenvalue weighted by atomic mass is 10.1. The molecular weight excluding hydrogens is 267 g/mol. The van der Waals surface area contributed by atoms with E-state index in [1.165, 1.54) is 0 Å². The molecular formula is C10H8Cl2N2OS. The molecule has 1 aromatic carbocycles. The lowest BCUT2D eigenvalue weighted by molar-refractivity contribution is 0.174. The highest BCUT2D eigenvalue weighted by atomic mass is 35.5. The predicted octanol–water partition coefficient (Wildman–Crippen LogP) is 3.12. The monoisotopic (exact) mass is 274 g/mol. The van der Waals surface area contributed by atoms with Crippen molar-refractivity contribution >= 4 is 34.9 Å². The Labute approximate surface area is 107 Å². The van der Waals surface area contributed by atoms with E-state index in [4.69, 9.17) is 23.2 Å². The maximum atomic E-state index is 9.88. The fourth-order valence-corrected chi connectivity index (χ4v) is 2.20. The molecule has 0 aliphatic heterocycles. The number of aromatic nitrogens is 2. The normalized spacial score (nSPS) is 12.7. The summed E-state index contributed by atoms with van der Waals surface area (Å²) >= 11 is 13.0. The van der Waals surface area contributed by atoms with Crippen LogP contribution < -0.4 is 0 Å². The Hall–Kier alpha value is -0.680. The summed E-state index contributed by atoms with van der Waals surface area (Å²) in [6.45, 7) is 0. The number of halogens is 2. The molecule has 16 heavy (non-hydrogen) atoms. The average molecular weight is 275 g/mol. The highest BCUT2D eigenvalue weighted by Gasteiger charge is 2.14. The zero-order valence-electron chi connectivity index (χ0n) is 8.10. The molecule has 2 aromatic rings. The van der Waals surface area contributed by atoms with E-state index >= 15 is 0 Å². The molecule has 1 aromatic heterocycles. The van der Waals surface area contributed by atoms with Crippen LogP contribution in [0, 0.1) is 0 Å². The van der Waals surface area contributed by atoms with Gasteiger partial charge in [0.2, 0.25) is 0 Å². The van der Waals surface area contributed by atoms with Gasteiger partial charge in [0.25, 0.3) is 0 Å². The summed E-state index contributed by atoms with van der Waals surface area (Å²) in [5.41, 5.74) is 1.36. The topological polar surface area (TPSA) is 46.0 Å². The van der Waals surface area contributed by atoms with Gasteiger partial charge in [0.15, 0.2) is 0 Å². The van der Waals surface area contributed by atoms with Crippen LogP contribution in [0.3, 0.4) is 0 Å². The van der Waals surface area contributed by atoms with E-state index in [1.54, 1.807) is 18.3 Å². The summed E-state index contributed by atoms with van der Waals surface area (Å²) in [6, 6.07) is 5.34. The molecule has 0 bridgehead atoms. The summed E-state index contributed by atoms with van der Waals surface area (Å²) in [5.74, 6) is 0. The third-order valence-corrected chi connectivity index (χ3v) is 3.51. The van der Waals surface area contributed by atoms with Crippen molar-refractivity contribution in [2.75, 3.05) is 0 Å². The highest BCUT2D eigenvalue weighted by Crippen LogP contribution is 2.28. The molecule has 0 fully saturated rings. The van der Waals surface area contributed by atoms with E-state index < -0.39 is 6.10 Å². The standard InChI is InChI=1S/C10H8Cl2N2OS/c11-7-3-1-2-6(10(7)12)4-9(15)8-5-13-16-14-8/h1-3,5,9,15H,4H2. The highest BCUT2D eigenvalue weighted by molar-refractivity contribution is 6.99. The Bertz CT molecular complexity index is 476. The molecule has 0 amide bonds. The largest absolute Gasteiger partial charge is 0.386 e. The van der Waals surface area contributed by atoms with Crippen LogP contribution >= 0.6 is 34.9 Å². The molecule has 3 nitrogen and oxygen atoms in total. The van der Waals surface area contributed by atoms with Crippen LogP contribution in [0.4, 0.5) is 0 Å². The predicted molar refractivity (Wildman–Crippen MR) is 65.0 cm³/mol. The first kappa shape index (κ1) is 11.8. The fourth-order valence-electron chi connectivity index (χ4n) is 1.34. The van der Waals surface area contributed by atoms with E-state index in [0.717, 1.165) is 17.3 Å². The zero-order valence-corrected chi connectivity index (χ0v) is 10.4. The minimum Gasteiger partial charge on any atom is -0.386 e. The number of hydrogen-bond acceptors (Lipinski definition) is 4. The van der Waals surface area contributed by atoms with Crippen molar-refractivity contribution in [2.24, 2.45) is 0 Å². The number of benzene rings is 1. The Morgan fingerprint density at radius 1 is 1.38 bits per heavy atom. The summed E-state index contributed by atoms with van der Waals surface area (Å²) in [4.78, 5) is 0. The minimum atomic E-state index is -0.699. The van der Waals surface area contributed by atoms with Crippen LogP contribution in [0.15, 0.2) is 24.4 Å². The van der Waals surface area contributed by atoms with Gasteiger partial charge in [-0.2, -0.15) is 8.75 Å². The van der Waals surface area contributed by atoms with Crippen LogP contribution in [-0.2, 0) is 6.42 Å². The molecule has 0 aliphatic rings. The number of nitrogens with zero attached hydrogens (tertiary/aromatic N) is 2. The molecule has 0 spiro atoms. The molecule has 0 saturated carbocycles. The maximum Gasteiger partial charge on any atom is 0.103 e. The second-order valence-electron chi connectivity index (χ2n) is 3.27. The second-order valence-corrected chi connectivity index (χ2v) is 4.61. The van der Waals surface area contributed by atoms with E-state index in [9.17, 15) is 5.11 Å². The Morgan fingerprint density at radius 2 is 2.19 bits per heavy atom. The molecule has 0 saturated heterocycles. The number of hydrogen-bond donors (Lipinski definition) is 1. The molecule has 1 heterocycles. The Morgan fingerprint density at radius 3 is 2.88 bits per heavy atom. The number of aliphatic hydroxyl groups is 1. The van der Waals surface area contributed by atoms with Gasteiger partial charge in [0.1, 0.15) is 11.8 Å². The molecule has 84 valence electrons. The van der Waals surface area contributed by atoms with Gasteiger partial charge < -0.3 is 5.11 Å². The zero-order chi connectivity index (χ0) is 11.5. The Kier molecular flexibility index (Phi) is 3.76. The SMILES string of the molecule is OC(Cc1cccc(Cl)c1Cl)c1cnsn1. The van der Waals surface area contributed by atoms with Gasteiger partial charge in [-0.15, -0.1) is 0 Å². The number of aliphatic hydroxyl groups excluding tert-OH is 1. The van der Waals surface area contributed by atoms with Crippen molar-refractivity contribution in [1.82, 2.24) is 8.75 Å². The third kappa shape index (κ3) is 2.52. The summed E-state index contributed by atoms with van der Waals surface area (Å²) in [7, 11) is 0. The van der Waals surface area contributed by atoms with Gasteiger partial charge in [-0.1, -0.05) is 35.3 Å². The van der Waals surface area contributed by atoms with Crippen molar-refractivity contribution in [2.45, 2.75) is 12.5 Å². The lowest BCUT2D eigenvalue weighted by Crippen LogP contribution is -2.02. The fraction of sp³-hybridized carbons (Fsp3) is 0.200. The van der Waals surface area contributed by atoms with Crippen LogP contribution in [0.1, 0.15) is 17.4 Å². The van der Waals surface area contributed by atoms with Crippen LogP contribution in [-0.4, -0.2) is 13.9 Å². The van der Waals surface area contributed by atoms with E-state index in [-0.39, 0.29) is 0 Å². The quantitative estimate of drug-likeness (QED) is 0.936. The van der Waals surface area contributed by atoms with Gasteiger partial charge in [-0.25, -0.2) is 0 Å². The first-order valence-electron chi connectivity index (χ1n) is 4.57. The van der Waals surface area contributed by atoms with Crippen molar-refractivity contribution in [3.8, 4) is 0 Å². The lowest BCUT2D eigenvalue weighted by Gasteiger charge is -2.09. The van der Waals surface area contributed by atoms with Gasteiger partial charge in [-0.05, 0) is 11.6 Å². The number of rotatable bonds is 3. The van der Waals surface area contributed by atoms with Crippen LogP contribution in [0.2, 0.25) is 10.0 Å². The maximum absolute atomic E-state index is 9.88. The first-order valence-corrected chi connectivity index (χ1v) is 6.05. The summed E-state index contributed by atoms with van der Waals surface area (Å²) in [5, 5.41) is 10.8. The van der Waals surface area contributed by atoms with Crippen molar-refractivity contribution in [3.05, 3.63) is 45.7 Å². The molecule has 6 heteroatoms. The van der Waals surface area contributed by atoms with Gasteiger partial charge >= 0.3 is 0 Å². The first-order chi connectivity index (χ1) is 7.68. The minimum absolute atomic E-state index is 0.380. The summed E-state index contributed by atoms with van der Waals surface area (Å²) in [6.07, 6.45) is 1.23. The van der Waals surface area contributed by atoms with E-state index in [0.29, 0.717) is 22.2 Å². The molecule has 0 radical (unpaired) electrons.